The summed E-state index contributed by atoms with van der Waals surface area (Å²) in [5, 5.41) is 6.28. The first kappa shape index (κ1) is 23.9. The van der Waals surface area contributed by atoms with Gasteiger partial charge >= 0.3 is 0 Å². The topological polar surface area (TPSA) is 56.7 Å². The molecule has 30 heavy (non-hydrogen) atoms. The Morgan fingerprint density at radius 2 is 1.80 bits per heavy atom. The van der Waals surface area contributed by atoms with Crippen molar-refractivity contribution in [1.29, 1.82) is 0 Å². The lowest BCUT2D eigenvalue weighted by Gasteiger charge is -2.31. The normalized spacial score (nSPS) is 14.0. The summed E-state index contributed by atoms with van der Waals surface area (Å²) in [5.41, 5.74) is 4.51. The standard InChI is InChI=1S/C24H30N4O.HI/c1-3-26-23(29)22-11-7-10-21(17-22)18-27-24(25-2)28-14-12-20(13-15-28)16-19-8-5-4-6-9-19;/h4-11,16-17H,3,12-15,18H2,1-2H3,(H,25,27)(H,26,29);1H. The Morgan fingerprint density at radius 3 is 2.47 bits per heavy atom. The number of amides is 1. The maximum absolute atomic E-state index is 12.0. The van der Waals surface area contributed by atoms with Crippen molar-refractivity contribution >= 4 is 41.9 Å². The van der Waals surface area contributed by atoms with Gasteiger partial charge in [0, 0.05) is 38.8 Å². The smallest absolute Gasteiger partial charge is 0.251 e. The number of likely N-dealkylation sites (tertiary alicyclic amines) is 1. The Labute approximate surface area is 196 Å². The van der Waals surface area contributed by atoms with Gasteiger partial charge in [-0.1, -0.05) is 54.1 Å². The third kappa shape index (κ3) is 6.86. The van der Waals surface area contributed by atoms with Crippen LogP contribution in [0.4, 0.5) is 0 Å². The van der Waals surface area contributed by atoms with Gasteiger partial charge in [0.15, 0.2) is 5.96 Å². The van der Waals surface area contributed by atoms with Gasteiger partial charge in [0.05, 0.1) is 0 Å². The molecule has 0 saturated carbocycles. The second kappa shape index (κ2) is 12.4. The second-order valence-corrected chi connectivity index (χ2v) is 7.16. The van der Waals surface area contributed by atoms with Crippen LogP contribution in [0, 0.1) is 0 Å². The highest BCUT2D eigenvalue weighted by atomic mass is 127. The number of guanidine groups is 1. The third-order valence-corrected chi connectivity index (χ3v) is 5.06. The summed E-state index contributed by atoms with van der Waals surface area (Å²) in [7, 11) is 1.82. The van der Waals surface area contributed by atoms with Crippen molar-refractivity contribution < 1.29 is 4.79 Å². The van der Waals surface area contributed by atoms with Crippen molar-refractivity contribution in [3.63, 3.8) is 0 Å². The van der Waals surface area contributed by atoms with E-state index in [1.54, 1.807) is 0 Å². The predicted octanol–water partition coefficient (Wildman–Crippen LogP) is 4.31. The van der Waals surface area contributed by atoms with Gasteiger partial charge < -0.3 is 15.5 Å². The fourth-order valence-corrected chi connectivity index (χ4v) is 3.53. The Bertz CT molecular complexity index is 870. The lowest BCUT2D eigenvalue weighted by atomic mass is 10.0. The molecule has 3 rings (SSSR count). The number of nitrogens with zero attached hydrogens (tertiary/aromatic N) is 2. The van der Waals surface area contributed by atoms with Gasteiger partial charge in [0.1, 0.15) is 0 Å². The van der Waals surface area contributed by atoms with Gasteiger partial charge in [-0.15, -0.1) is 24.0 Å². The number of hydrogen-bond donors (Lipinski definition) is 2. The predicted molar refractivity (Wildman–Crippen MR) is 135 cm³/mol. The second-order valence-electron chi connectivity index (χ2n) is 7.16. The number of rotatable bonds is 5. The number of nitrogens with one attached hydrogen (secondary N) is 2. The van der Waals surface area contributed by atoms with Crippen LogP contribution in [0.25, 0.3) is 6.08 Å². The fourth-order valence-electron chi connectivity index (χ4n) is 3.53. The molecule has 1 aliphatic heterocycles. The first-order valence-corrected chi connectivity index (χ1v) is 10.3. The van der Waals surface area contributed by atoms with Gasteiger partial charge in [0.2, 0.25) is 0 Å². The molecule has 2 aromatic carbocycles. The first-order chi connectivity index (χ1) is 14.2. The molecule has 0 atom stereocenters. The van der Waals surface area contributed by atoms with E-state index in [1.807, 2.05) is 44.3 Å². The van der Waals surface area contributed by atoms with E-state index in [0.29, 0.717) is 18.7 Å². The number of aliphatic imine (C=N–C) groups is 1. The molecule has 1 aliphatic rings. The molecule has 1 saturated heterocycles. The van der Waals surface area contributed by atoms with E-state index in [4.69, 9.17) is 0 Å². The number of piperidine rings is 1. The lowest BCUT2D eigenvalue weighted by molar-refractivity contribution is 0.0955. The van der Waals surface area contributed by atoms with Crippen LogP contribution in [-0.2, 0) is 6.54 Å². The monoisotopic (exact) mass is 518 g/mol. The van der Waals surface area contributed by atoms with Crippen LogP contribution in [0.2, 0.25) is 0 Å². The molecule has 1 fully saturated rings. The molecule has 2 aromatic rings. The quantitative estimate of drug-likeness (QED) is 0.353. The highest BCUT2D eigenvalue weighted by Crippen LogP contribution is 2.19. The third-order valence-electron chi connectivity index (χ3n) is 5.06. The molecule has 0 aliphatic carbocycles. The summed E-state index contributed by atoms with van der Waals surface area (Å²) < 4.78 is 0. The maximum atomic E-state index is 12.0. The van der Waals surface area contributed by atoms with Crippen molar-refractivity contribution in [2.24, 2.45) is 4.99 Å². The van der Waals surface area contributed by atoms with Crippen molar-refractivity contribution in [2.45, 2.75) is 26.3 Å². The Hall–Kier alpha value is -2.35. The highest BCUT2D eigenvalue weighted by Gasteiger charge is 2.17. The van der Waals surface area contributed by atoms with Gasteiger partial charge in [-0.3, -0.25) is 9.79 Å². The number of benzene rings is 2. The summed E-state index contributed by atoms with van der Waals surface area (Å²) in [4.78, 5) is 18.8. The molecule has 1 heterocycles. The first-order valence-electron chi connectivity index (χ1n) is 10.3. The highest BCUT2D eigenvalue weighted by molar-refractivity contribution is 14.0. The minimum Gasteiger partial charge on any atom is -0.352 e. The molecule has 0 unspecified atom stereocenters. The maximum Gasteiger partial charge on any atom is 0.251 e. The van der Waals surface area contributed by atoms with Crippen LogP contribution in [-0.4, -0.2) is 43.4 Å². The number of carbonyl (C=O) groups is 1. The number of carbonyl (C=O) groups excluding carboxylic acids is 1. The Morgan fingerprint density at radius 1 is 1.07 bits per heavy atom. The molecule has 0 aromatic heterocycles. The average Bonchev–Trinajstić information content (AvgIpc) is 2.76. The summed E-state index contributed by atoms with van der Waals surface area (Å²) >= 11 is 0. The molecule has 5 nitrogen and oxygen atoms in total. The SMILES string of the molecule is CCNC(=O)c1cccc(CNC(=NC)N2CCC(=Cc3ccccc3)CC2)c1.I. The van der Waals surface area contributed by atoms with Gasteiger partial charge in [-0.2, -0.15) is 0 Å². The van der Waals surface area contributed by atoms with E-state index in [9.17, 15) is 4.79 Å². The minimum absolute atomic E-state index is 0. The van der Waals surface area contributed by atoms with E-state index in [2.05, 4.69) is 50.9 Å². The van der Waals surface area contributed by atoms with Crippen LogP contribution < -0.4 is 10.6 Å². The number of halogens is 1. The molecule has 160 valence electrons. The van der Waals surface area contributed by atoms with Crippen molar-refractivity contribution in [3.05, 3.63) is 76.9 Å². The van der Waals surface area contributed by atoms with Crippen LogP contribution in [0.5, 0.6) is 0 Å². The summed E-state index contributed by atoms with van der Waals surface area (Å²) in [6.07, 6.45) is 4.39. The minimum atomic E-state index is -0.0347. The zero-order valence-corrected chi connectivity index (χ0v) is 20.1. The van der Waals surface area contributed by atoms with Crippen molar-refractivity contribution in [1.82, 2.24) is 15.5 Å². The van der Waals surface area contributed by atoms with Crippen molar-refractivity contribution in [3.8, 4) is 0 Å². The van der Waals surface area contributed by atoms with E-state index in [-0.39, 0.29) is 29.9 Å². The average molecular weight is 518 g/mol. The molecule has 2 N–H and O–H groups in total. The van der Waals surface area contributed by atoms with Gasteiger partial charge in [0.25, 0.3) is 5.91 Å². The molecular weight excluding hydrogens is 487 g/mol. The zero-order valence-electron chi connectivity index (χ0n) is 17.7. The van der Waals surface area contributed by atoms with E-state index in [0.717, 1.165) is 37.5 Å². The molecule has 0 bridgehead atoms. The van der Waals surface area contributed by atoms with Crippen LogP contribution >= 0.6 is 24.0 Å². The zero-order chi connectivity index (χ0) is 20.5. The fraction of sp³-hybridized carbons (Fsp3) is 0.333. The number of hydrogen-bond acceptors (Lipinski definition) is 2. The van der Waals surface area contributed by atoms with E-state index in [1.165, 1.54) is 11.1 Å². The van der Waals surface area contributed by atoms with E-state index < -0.39 is 0 Å². The van der Waals surface area contributed by atoms with Crippen LogP contribution in [0.15, 0.2) is 65.2 Å². The lowest BCUT2D eigenvalue weighted by Crippen LogP contribution is -2.44. The van der Waals surface area contributed by atoms with Gasteiger partial charge in [-0.05, 0) is 43.0 Å². The van der Waals surface area contributed by atoms with Gasteiger partial charge in [-0.25, -0.2) is 0 Å². The van der Waals surface area contributed by atoms with Crippen molar-refractivity contribution in [2.75, 3.05) is 26.7 Å². The van der Waals surface area contributed by atoms with Crippen LogP contribution in [0.1, 0.15) is 41.3 Å². The molecule has 1 amide bonds. The summed E-state index contributed by atoms with van der Waals surface area (Å²) in [6.45, 7) is 5.10. The Kier molecular flexibility index (Phi) is 9.86. The molecular formula is C24H31IN4O. The largest absolute Gasteiger partial charge is 0.352 e. The molecule has 6 heteroatoms. The Balaban J connectivity index is 0.00000320. The van der Waals surface area contributed by atoms with Crippen LogP contribution in [0.3, 0.4) is 0 Å². The summed E-state index contributed by atoms with van der Waals surface area (Å²) in [6, 6.07) is 18.2. The summed E-state index contributed by atoms with van der Waals surface area (Å²) in [5.74, 6) is 0.875. The van der Waals surface area contributed by atoms with E-state index >= 15 is 0 Å². The molecule has 0 spiro atoms. The molecule has 0 radical (unpaired) electrons.